The molecule has 2 rings (SSSR count). The van der Waals surface area contributed by atoms with Crippen LogP contribution < -0.4 is 5.32 Å². The van der Waals surface area contributed by atoms with E-state index in [-0.39, 0.29) is 0 Å². The van der Waals surface area contributed by atoms with Gasteiger partial charge in [-0.1, -0.05) is 19.1 Å². The van der Waals surface area contributed by atoms with Gasteiger partial charge < -0.3 is 5.32 Å². The van der Waals surface area contributed by atoms with Gasteiger partial charge in [-0.3, -0.25) is 0 Å². The van der Waals surface area contributed by atoms with E-state index in [9.17, 15) is 0 Å². The van der Waals surface area contributed by atoms with E-state index in [4.69, 9.17) is 0 Å². The highest BCUT2D eigenvalue weighted by Crippen LogP contribution is 2.28. The van der Waals surface area contributed by atoms with E-state index < -0.39 is 0 Å². The largest absolute Gasteiger partial charge is 0.385 e. The molecule has 0 saturated heterocycles. The van der Waals surface area contributed by atoms with Crippen molar-refractivity contribution in [2.75, 3.05) is 11.9 Å². The Labute approximate surface area is 80.2 Å². The molecule has 1 heterocycles. The third-order valence-electron chi connectivity index (χ3n) is 2.97. The maximum atomic E-state index is 3.51. The van der Waals surface area contributed by atoms with E-state index in [1.54, 1.807) is 0 Å². The van der Waals surface area contributed by atoms with Gasteiger partial charge in [-0.15, -0.1) is 0 Å². The second-order valence-corrected chi connectivity index (χ2v) is 3.77. The lowest BCUT2D eigenvalue weighted by molar-refractivity contribution is 0.825. The highest BCUT2D eigenvalue weighted by molar-refractivity contribution is 5.61. The monoisotopic (exact) mass is 175 g/mol. The molecule has 0 bridgehead atoms. The molecule has 0 aromatic heterocycles. The average molecular weight is 175 g/mol. The normalized spacial score (nSPS) is 14.9. The molecule has 1 N–H and O–H groups in total. The van der Waals surface area contributed by atoms with Crippen molar-refractivity contribution in [1.29, 1.82) is 0 Å². The van der Waals surface area contributed by atoms with Gasteiger partial charge in [0.2, 0.25) is 0 Å². The zero-order valence-electron chi connectivity index (χ0n) is 8.48. The summed E-state index contributed by atoms with van der Waals surface area (Å²) in [6.07, 6.45) is 3.66. The maximum Gasteiger partial charge on any atom is 0.0405 e. The Morgan fingerprint density at radius 1 is 1.38 bits per heavy atom. The Morgan fingerprint density at radius 3 is 3.00 bits per heavy atom. The summed E-state index contributed by atoms with van der Waals surface area (Å²) in [4.78, 5) is 0. The van der Waals surface area contributed by atoms with Crippen molar-refractivity contribution < 1.29 is 0 Å². The van der Waals surface area contributed by atoms with Gasteiger partial charge in [0, 0.05) is 12.2 Å². The number of benzene rings is 1. The number of nitrogens with one attached hydrogen (secondary N) is 1. The zero-order chi connectivity index (χ0) is 9.26. The van der Waals surface area contributed by atoms with Crippen LogP contribution in [0.3, 0.4) is 0 Å². The van der Waals surface area contributed by atoms with Crippen molar-refractivity contribution in [2.24, 2.45) is 0 Å². The molecular weight excluding hydrogens is 158 g/mol. The topological polar surface area (TPSA) is 12.0 Å². The molecule has 1 aromatic rings. The predicted molar refractivity (Wildman–Crippen MR) is 57.4 cm³/mol. The summed E-state index contributed by atoms with van der Waals surface area (Å²) < 4.78 is 0. The van der Waals surface area contributed by atoms with E-state index in [1.807, 2.05) is 0 Å². The summed E-state index contributed by atoms with van der Waals surface area (Å²) in [6, 6.07) is 4.56. The van der Waals surface area contributed by atoms with Crippen LogP contribution in [0.15, 0.2) is 12.1 Å². The van der Waals surface area contributed by atoms with E-state index in [1.165, 1.54) is 35.2 Å². The average Bonchev–Trinajstić information content (AvgIpc) is 2.19. The van der Waals surface area contributed by atoms with Gasteiger partial charge in [-0.05, 0) is 42.9 Å². The number of aryl methyl sites for hydroxylation is 2. The zero-order valence-corrected chi connectivity index (χ0v) is 8.48. The van der Waals surface area contributed by atoms with E-state index in [2.05, 4.69) is 31.3 Å². The highest BCUT2D eigenvalue weighted by Gasteiger charge is 2.11. The Bertz CT molecular complexity index is 315. The first-order valence-corrected chi connectivity index (χ1v) is 5.18. The Morgan fingerprint density at radius 2 is 2.23 bits per heavy atom. The fourth-order valence-corrected chi connectivity index (χ4v) is 2.14. The maximum absolute atomic E-state index is 3.51. The van der Waals surface area contributed by atoms with Crippen molar-refractivity contribution in [3.05, 3.63) is 28.8 Å². The van der Waals surface area contributed by atoms with Crippen LogP contribution in [0, 0.1) is 6.92 Å². The lowest BCUT2D eigenvalue weighted by Gasteiger charge is -2.21. The molecule has 0 atom stereocenters. The van der Waals surface area contributed by atoms with E-state index in [0.29, 0.717) is 0 Å². The van der Waals surface area contributed by atoms with Gasteiger partial charge in [0.15, 0.2) is 0 Å². The number of fused-ring (bicyclic) bond motifs is 1. The van der Waals surface area contributed by atoms with Crippen LogP contribution in [-0.4, -0.2) is 6.54 Å². The minimum Gasteiger partial charge on any atom is -0.385 e. The van der Waals surface area contributed by atoms with Gasteiger partial charge in [0.25, 0.3) is 0 Å². The summed E-state index contributed by atoms with van der Waals surface area (Å²) in [5.74, 6) is 0. The summed E-state index contributed by atoms with van der Waals surface area (Å²) in [7, 11) is 0. The van der Waals surface area contributed by atoms with Gasteiger partial charge >= 0.3 is 0 Å². The van der Waals surface area contributed by atoms with Gasteiger partial charge in [-0.2, -0.15) is 0 Å². The smallest absolute Gasteiger partial charge is 0.0405 e. The van der Waals surface area contributed by atoms with Crippen LogP contribution in [0.25, 0.3) is 0 Å². The summed E-state index contributed by atoms with van der Waals surface area (Å²) in [5.41, 5.74) is 5.85. The van der Waals surface area contributed by atoms with Crippen molar-refractivity contribution in [3.8, 4) is 0 Å². The van der Waals surface area contributed by atoms with Crippen LogP contribution in [0.5, 0.6) is 0 Å². The molecule has 13 heavy (non-hydrogen) atoms. The van der Waals surface area contributed by atoms with Crippen molar-refractivity contribution in [1.82, 2.24) is 0 Å². The molecule has 1 heteroatoms. The molecule has 0 aliphatic carbocycles. The Balaban J connectivity index is 2.48. The molecular formula is C12H17N. The van der Waals surface area contributed by atoms with Crippen molar-refractivity contribution in [3.63, 3.8) is 0 Å². The van der Waals surface area contributed by atoms with E-state index in [0.717, 1.165) is 13.0 Å². The van der Waals surface area contributed by atoms with Crippen molar-refractivity contribution in [2.45, 2.75) is 33.1 Å². The second kappa shape index (κ2) is 3.41. The first-order valence-electron chi connectivity index (χ1n) is 5.18. The molecule has 0 radical (unpaired) electrons. The van der Waals surface area contributed by atoms with Crippen LogP contribution in [-0.2, 0) is 12.8 Å². The second-order valence-electron chi connectivity index (χ2n) is 3.77. The Hall–Kier alpha value is -0.980. The van der Waals surface area contributed by atoms with Crippen LogP contribution in [0.2, 0.25) is 0 Å². The fourth-order valence-electron chi connectivity index (χ4n) is 2.14. The lowest BCUT2D eigenvalue weighted by Crippen LogP contribution is -2.13. The molecule has 1 nitrogen and oxygen atoms in total. The summed E-state index contributed by atoms with van der Waals surface area (Å²) in [6.45, 7) is 5.59. The molecule has 0 saturated carbocycles. The third-order valence-corrected chi connectivity index (χ3v) is 2.97. The van der Waals surface area contributed by atoms with Crippen LogP contribution in [0.1, 0.15) is 30.0 Å². The molecule has 0 spiro atoms. The quantitative estimate of drug-likeness (QED) is 0.692. The van der Waals surface area contributed by atoms with Crippen LogP contribution >= 0.6 is 0 Å². The Kier molecular flexibility index (Phi) is 2.26. The van der Waals surface area contributed by atoms with E-state index >= 15 is 0 Å². The molecule has 0 unspecified atom stereocenters. The van der Waals surface area contributed by atoms with Gasteiger partial charge in [0.05, 0.1) is 0 Å². The summed E-state index contributed by atoms with van der Waals surface area (Å²) in [5, 5.41) is 3.51. The molecule has 1 aromatic carbocycles. The summed E-state index contributed by atoms with van der Waals surface area (Å²) >= 11 is 0. The first kappa shape index (κ1) is 8.61. The fraction of sp³-hybridized carbons (Fsp3) is 0.500. The van der Waals surface area contributed by atoms with Gasteiger partial charge in [0.1, 0.15) is 0 Å². The number of rotatable bonds is 1. The first-order chi connectivity index (χ1) is 6.33. The van der Waals surface area contributed by atoms with Crippen molar-refractivity contribution >= 4 is 5.69 Å². The molecule has 0 fully saturated rings. The SMILES string of the molecule is CCc1ccc2c(c1C)NCCC2. The minimum atomic E-state index is 1.14. The molecule has 1 aliphatic heterocycles. The number of hydrogen-bond donors (Lipinski definition) is 1. The highest BCUT2D eigenvalue weighted by atomic mass is 14.9. The predicted octanol–water partition coefficient (Wildman–Crippen LogP) is 2.92. The third kappa shape index (κ3) is 1.43. The standard InChI is InChI=1S/C12H17N/c1-3-10-6-7-11-5-4-8-13-12(11)9(10)2/h6-7,13H,3-5,8H2,1-2H3. The lowest BCUT2D eigenvalue weighted by atomic mass is 9.95. The number of anilines is 1. The molecule has 70 valence electrons. The van der Waals surface area contributed by atoms with Gasteiger partial charge in [-0.25, -0.2) is 0 Å². The molecule has 1 aliphatic rings. The molecule has 0 amide bonds. The van der Waals surface area contributed by atoms with Crippen LogP contribution in [0.4, 0.5) is 5.69 Å². The number of hydrogen-bond acceptors (Lipinski definition) is 1. The minimum absolute atomic E-state index is 1.14.